The van der Waals surface area contributed by atoms with Crippen molar-refractivity contribution in [3.05, 3.63) is 0 Å². The highest BCUT2D eigenvalue weighted by molar-refractivity contribution is 5.89. The topological polar surface area (TPSA) is 41.6 Å². The van der Waals surface area contributed by atoms with Crippen molar-refractivity contribution in [1.82, 2.24) is 10.2 Å². The lowest BCUT2D eigenvalue weighted by atomic mass is 9.97. The molecule has 17 heavy (non-hydrogen) atoms. The van der Waals surface area contributed by atoms with Crippen LogP contribution in [0, 0.1) is 5.92 Å². The van der Waals surface area contributed by atoms with Crippen molar-refractivity contribution < 1.29 is 9.53 Å². The van der Waals surface area contributed by atoms with Crippen LogP contribution in [0.4, 0.5) is 0 Å². The molecule has 2 heterocycles. The molecule has 2 aliphatic heterocycles. The standard InChI is InChI=1S/C13H22N2O2/c1-10-14-13(5-2-3-6-13)12(16)15(10)8-11-4-7-17-9-11/h10-11,14H,2-9H2,1H3. The van der Waals surface area contributed by atoms with Gasteiger partial charge in [0.15, 0.2) is 0 Å². The zero-order valence-corrected chi connectivity index (χ0v) is 10.6. The van der Waals surface area contributed by atoms with Crippen LogP contribution in [0.3, 0.4) is 0 Å². The Balaban J connectivity index is 1.70. The number of nitrogens with one attached hydrogen (secondary N) is 1. The second-order valence-electron chi connectivity index (χ2n) is 5.80. The minimum atomic E-state index is -0.209. The summed E-state index contributed by atoms with van der Waals surface area (Å²) in [4.78, 5) is 14.6. The number of hydrogen-bond acceptors (Lipinski definition) is 3. The Kier molecular flexibility index (Phi) is 2.87. The molecule has 1 amide bonds. The largest absolute Gasteiger partial charge is 0.381 e. The molecule has 3 fully saturated rings. The van der Waals surface area contributed by atoms with Gasteiger partial charge in [0, 0.05) is 19.1 Å². The van der Waals surface area contributed by atoms with Gasteiger partial charge in [-0.05, 0) is 26.2 Å². The summed E-state index contributed by atoms with van der Waals surface area (Å²) in [6.45, 7) is 4.67. The molecule has 2 saturated heterocycles. The Bertz CT molecular complexity index is 307. The smallest absolute Gasteiger partial charge is 0.244 e. The van der Waals surface area contributed by atoms with E-state index < -0.39 is 0 Å². The van der Waals surface area contributed by atoms with E-state index in [0.29, 0.717) is 11.8 Å². The molecule has 1 saturated carbocycles. The van der Waals surface area contributed by atoms with Gasteiger partial charge in [-0.3, -0.25) is 10.1 Å². The molecule has 3 aliphatic rings. The normalized spacial score (nSPS) is 36.3. The number of rotatable bonds is 2. The summed E-state index contributed by atoms with van der Waals surface area (Å²) >= 11 is 0. The lowest BCUT2D eigenvalue weighted by molar-refractivity contribution is -0.133. The number of carbonyl (C=O) groups is 1. The molecule has 1 N–H and O–H groups in total. The Morgan fingerprint density at radius 3 is 2.88 bits per heavy atom. The third-order valence-electron chi connectivity index (χ3n) is 4.56. The fraction of sp³-hybridized carbons (Fsp3) is 0.923. The van der Waals surface area contributed by atoms with E-state index in [-0.39, 0.29) is 11.7 Å². The molecule has 0 radical (unpaired) electrons. The predicted molar refractivity (Wildman–Crippen MR) is 64.4 cm³/mol. The quantitative estimate of drug-likeness (QED) is 0.783. The molecule has 2 unspecified atom stereocenters. The lowest BCUT2D eigenvalue weighted by Gasteiger charge is -2.24. The van der Waals surface area contributed by atoms with Crippen LogP contribution < -0.4 is 5.32 Å². The van der Waals surface area contributed by atoms with Gasteiger partial charge in [0.05, 0.1) is 18.3 Å². The Morgan fingerprint density at radius 1 is 1.47 bits per heavy atom. The van der Waals surface area contributed by atoms with Crippen LogP contribution in [0.1, 0.15) is 39.0 Å². The van der Waals surface area contributed by atoms with Crippen LogP contribution in [-0.4, -0.2) is 42.3 Å². The van der Waals surface area contributed by atoms with Gasteiger partial charge in [-0.25, -0.2) is 0 Å². The second-order valence-corrected chi connectivity index (χ2v) is 5.80. The third kappa shape index (κ3) is 1.87. The van der Waals surface area contributed by atoms with Crippen molar-refractivity contribution in [2.45, 2.75) is 50.7 Å². The van der Waals surface area contributed by atoms with Crippen LogP contribution in [0.15, 0.2) is 0 Å². The predicted octanol–water partition coefficient (Wildman–Crippen LogP) is 1.11. The van der Waals surface area contributed by atoms with Gasteiger partial charge in [-0.2, -0.15) is 0 Å². The van der Waals surface area contributed by atoms with Crippen LogP contribution in [-0.2, 0) is 9.53 Å². The maximum atomic E-state index is 12.6. The maximum Gasteiger partial charge on any atom is 0.244 e. The molecule has 3 rings (SSSR count). The number of nitrogens with zero attached hydrogens (tertiary/aromatic N) is 1. The number of amides is 1. The summed E-state index contributed by atoms with van der Waals surface area (Å²) in [6, 6.07) is 0. The first-order valence-electron chi connectivity index (χ1n) is 6.88. The van der Waals surface area contributed by atoms with E-state index in [2.05, 4.69) is 12.2 Å². The van der Waals surface area contributed by atoms with E-state index in [1.807, 2.05) is 4.90 Å². The average molecular weight is 238 g/mol. The van der Waals surface area contributed by atoms with Crippen LogP contribution in [0.5, 0.6) is 0 Å². The van der Waals surface area contributed by atoms with Crippen molar-refractivity contribution in [3.63, 3.8) is 0 Å². The molecule has 0 aromatic carbocycles. The summed E-state index contributed by atoms with van der Waals surface area (Å²) in [5.41, 5.74) is -0.209. The lowest BCUT2D eigenvalue weighted by Crippen LogP contribution is -2.44. The third-order valence-corrected chi connectivity index (χ3v) is 4.56. The highest BCUT2D eigenvalue weighted by Gasteiger charge is 2.51. The van der Waals surface area contributed by atoms with Crippen molar-refractivity contribution in [2.24, 2.45) is 5.92 Å². The van der Waals surface area contributed by atoms with Gasteiger partial charge in [-0.1, -0.05) is 12.8 Å². The fourth-order valence-corrected chi connectivity index (χ4v) is 3.57. The maximum absolute atomic E-state index is 12.6. The Labute approximate surface area is 103 Å². The van der Waals surface area contributed by atoms with E-state index in [0.717, 1.165) is 39.0 Å². The van der Waals surface area contributed by atoms with Crippen molar-refractivity contribution in [2.75, 3.05) is 19.8 Å². The number of hydrogen-bond donors (Lipinski definition) is 1. The van der Waals surface area contributed by atoms with Crippen molar-refractivity contribution >= 4 is 5.91 Å². The fourth-order valence-electron chi connectivity index (χ4n) is 3.57. The first kappa shape index (κ1) is 11.5. The summed E-state index contributed by atoms with van der Waals surface area (Å²) in [7, 11) is 0. The molecule has 1 aliphatic carbocycles. The summed E-state index contributed by atoms with van der Waals surface area (Å²) in [5, 5.41) is 3.54. The highest BCUT2D eigenvalue weighted by Crippen LogP contribution is 2.36. The van der Waals surface area contributed by atoms with Gasteiger partial charge in [0.25, 0.3) is 0 Å². The van der Waals surface area contributed by atoms with E-state index in [4.69, 9.17) is 4.74 Å². The molecule has 0 aromatic rings. The number of carbonyl (C=O) groups excluding carboxylic acids is 1. The zero-order chi connectivity index (χ0) is 11.9. The Hall–Kier alpha value is -0.610. The first-order chi connectivity index (χ1) is 8.21. The van der Waals surface area contributed by atoms with E-state index in [1.54, 1.807) is 0 Å². The first-order valence-corrected chi connectivity index (χ1v) is 6.88. The molecule has 4 nitrogen and oxygen atoms in total. The highest BCUT2D eigenvalue weighted by atomic mass is 16.5. The van der Waals surface area contributed by atoms with E-state index in [1.165, 1.54) is 12.8 Å². The summed E-state index contributed by atoms with van der Waals surface area (Å²) in [5.74, 6) is 0.883. The van der Waals surface area contributed by atoms with Gasteiger partial charge in [-0.15, -0.1) is 0 Å². The average Bonchev–Trinajstić information content (AvgIpc) is 2.99. The molecule has 4 heteroatoms. The molecule has 1 spiro atoms. The molecule has 0 bridgehead atoms. The van der Waals surface area contributed by atoms with Crippen LogP contribution in [0.2, 0.25) is 0 Å². The van der Waals surface area contributed by atoms with Gasteiger partial charge in [0.1, 0.15) is 0 Å². The SMILES string of the molecule is CC1NC2(CCCC2)C(=O)N1CC1CCOC1. The second kappa shape index (κ2) is 4.25. The molecular weight excluding hydrogens is 216 g/mol. The minimum absolute atomic E-state index is 0.196. The summed E-state index contributed by atoms with van der Waals surface area (Å²) < 4.78 is 5.40. The minimum Gasteiger partial charge on any atom is -0.381 e. The zero-order valence-electron chi connectivity index (χ0n) is 10.6. The molecular formula is C13H22N2O2. The summed E-state index contributed by atoms with van der Waals surface area (Å²) in [6.07, 6.45) is 5.71. The number of ether oxygens (including phenoxy) is 1. The Morgan fingerprint density at radius 2 is 2.24 bits per heavy atom. The molecule has 96 valence electrons. The van der Waals surface area contributed by atoms with Gasteiger partial charge >= 0.3 is 0 Å². The molecule has 0 aromatic heterocycles. The van der Waals surface area contributed by atoms with E-state index in [9.17, 15) is 4.79 Å². The van der Waals surface area contributed by atoms with E-state index >= 15 is 0 Å². The van der Waals surface area contributed by atoms with Gasteiger partial charge in [0.2, 0.25) is 5.91 Å². The monoisotopic (exact) mass is 238 g/mol. The molecule has 2 atom stereocenters. The van der Waals surface area contributed by atoms with Crippen molar-refractivity contribution in [3.8, 4) is 0 Å². The van der Waals surface area contributed by atoms with Crippen LogP contribution in [0.25, 0.3) is 0 Å². The van der Waals surface area contributed by atoms with Crippen molar-refractivity contribution in [1.29, 1.82) is 0 Å². The van der Waals surface area contributed by atoms with Crippen LogP contribution >= 0.6 is 0 Å². The van der Waals surface area contributed by atoms with Gasteiger partial charge < -0.3 is 9.64 Å².